The van der Waals surface area contributed by atoms with Crippen LogP contribution in [0.3, 0.4) is 0 Å². The minimum Gasteiger partial charge on any atom is -0.495 e. The number of hydrogen-bond acceptors (Lipinski definition) is 6. The number of nitrogens with one attached hydrogen (secondary N) is 2. The minimum absolute atomic E-state index is 0.105. The summed E-state index contributed by atoms with van der Waals surface area (Å²) in [5, 5.41) is 16.9. The van der Waals surface area contributed by atoms with Crippen LogP contribution in [0, 0.1) is 0 Å². The fraction of sp³-hybridized carbons (Fsp3) is 0.103. The summed E-state index contributed by atoms with van der Waals surface area (Å²) in [5.41, 5.74) is 6.70. The first-order valence-electron chi connectivity index (χ1n) is 12.0. The zero-order valence-corrected chi connectivity index (χ0v) is 22.3. The van der Waals surface area contributed by atoms with Crippen molar-refractivity contribution in [3.05, 3.63) is 89.0 Å². The van der Waals surface area contributed by atoms with Gasteiger partial charge in [0.2, 0.25) is 0 Å². The Hall–Kier alpha value is -4.47. The molecule has 39 heavy (non-hydrogen) atoms. The average molecular weight is 559 g/mol. The second-order valence-corrected chi connectivity index (χ2v) is 9.93. The van der Waals surface area contributed by atoms with Gasteiger partial charge in [-0.15, -0.1) is 11.3 Å². The fourth-order valence-corrected chi connectivity index (χ4v) is 5.41. The van der Waals surface area contributed by atoms with E-state index in [1.807, 2.05) is 48.5 Å². The van der Waals surface area contributed by atoms with E-state index in [9.17, 15) is 9.59 Å². The normalized spacial score (nSPS) is 10.8. The van der Waals surface area contributed by atoms with Crippen LogP contribution in [0.4, 0.5) is 16.2 Å². The molecule has 5 aromatic rings. The highest BCUT2D eigenvalue weighted by Gasteiger charge is 2.14. The quantitative estimate of drug-likeness (QED) is 0.183. The monoisotopic (exact) mass is 558 g/mol. The smallest absolute Gasteiger partial charge is 0.323 e. The maximum atomic E-state index is 12.5. The van der Waals surface area contributed by atoms with E-state index in [0.29, 0.717) is 28.6 Å². The van der Waals surface area contributed by atoms with Crippen molar-refractivity contribution >= 4 is 56.5 Å². The van der Waals surface area contributed by atoms with Crippen molar-refractivity contribution in [3.8, 4) is 28.1 Å². The lowest BCUT2D eigenvalue weighted by atomic mass is 10.0. The van der Waals surface area contributed by atoms with Crippen LogP contribution in [-0.4, -0.2) is 34.2 Å². The zero-order valence-electron chi connectivity index (χ0n) is 20.8. The number of urea groups is 1. The number of aryl methyl sites for hydroxylation is 1. The number of nitrogens with zero attached hydrogens (tertiary/aromatic N) is 2. The van der Waals surface area contributed by atoms with Crippen LogP contribution in [0.25, 0.3) is 32.6 Å². The Morgan fingerprint density at radius 2 is 1.64 bits per heavy atom. The molecule has 10 heteroatoms. The molecule has 0 fully saturated rings. The van der Waals surface area contributed by atoms with E-state index in [0.717, 1.165) is 38.2 Å². The Morgan fingerprint density at radius 1 is 0.949 bits per heavy atom. The van der Waals surface area contributed by atoms with Crippen molar-refractivity contribution in [1.82, 2.24) is 9.97 Å². The molecule has 2 heterocycles. The molecule has 0 aliphatic rings. The molecule has 0 unspecified atom stereocenters. The molecule has 3 aromatic carbocycles. The number of methoxy groups -OCH3 is 1. The van der Waals surface area contributed by atoms with Crippen molar-refractivity contribution in [2.45, 2.75) is 12.8 Å². The van der Waals surface area contributed by atoms with Gasteiger partial charge in [-0.25, -0.2) is 14.8 Å². The van der Waals surface area contributed by atoms with Crippen LogP contribution in [0.1, 0.15) is 12.0 Å². The first-order valence-corrected chi connectivity index (χ1v) is 13.2. The summed E-state index contributed by atoms with van der Waals surface area (Å²) >= 11 is 7.70. The molecule has 0 bridgehead atoms. The van der Waals surface area contributed by atoms with E-state index in [1.54, 1.807) is 35.9 Å². The van der Waals surface area contributed by atoms with E-state index < -0.39 is 12.0 Å². The first kappa shape index (κ1) is 26.1. The predicted octanol–water partition coefficient (Wildman–Crippen LogP) is 7.35. The summed E-state index contributed by atoms with van der Waals surface area (Å²) in [7, 11) is 1.53. The van der Waals surface area contributed by atoms with Gasteiger partial charge in [0.15, 0.2) is 0 Å². The number of carbonyl (C=O) groups is 2. The topological polar surface area (TPSA) is 113 Å². The Bertz CT molecular complexity index is 1650. The zero-order chi connectivity index (χ0) is 27.4. The van der Waals surface area contributed by atoms with Gasteiger partial charge in [-0.1, -0.05) is 48.0 Å². The van der Waals surface area contributed by atoms with Gasteiger partial charge in [0.1, 0.15) is 12.1 Å². The number of anilines is 2. The number of carboxylic acid groups (broad SMARTS) is 1. The fourth-order valence-electron chi connectivity index (χ4n) is 4.11. The molecule has 0 aliphatic heterocycles. The highest BCUT2D eigenvalue weighted by molar-refractivity contribution is 7.18. The molecule has 0 spiro atoms. The Morgan fingerprint density at radius 3 is 2.33 bits per heavy atom. The molecule has 2 amide bonds. The average Bonchev–Trinajstić information content (AvgIpc) is 3.37. The van der Waals surface area contributed by atoms with Crippen molar-refractivity contribution in [3.63, 3.8) is 0 Å². The second-order valence-electron chi connectivity index (χ2n) is 8.65. The van der Waals surface area contributed by atoms with Crippen LogP contribution < -0.4 is 15.4 Å². The Kier molecular flexibility index (Phi) is 7.72. The van der Waals surface area contributed by atoms with Crippen LogP contribution in [-0.2, 0) is 11.2 Å². The number of carbonyl (C=O) groups excluding carboxylic acids is 1. The number of hydrogen-bond donors (Lipinski definition) is 3. The van der Waals surface area contributed by atoms with Gasteiger partial charge in [-0.05, 0) is 47.9 Å². The maximum absolute atomic E-state index is 12.5. The van der Waals surface area contributed by atoms with Crippen molar-refractivity contribution in [1.29, 1.82) is 0 Å². The molecular formula is C29H23ClN4O4S. The number of ether oxygens (including phenoxy) is 1. The SMILES string of the molecule is COc1ccc(NC(=O)Nc2ccc(-c3ncnc4c(-c5ccc(CCC(=O)O)cc5)csc34)cc2)cc1Cl. The van der Waals surface area contributed by atoms with E-state index in [1.165, 1.54) is 7.11 Å². The molecular weight excluding hydrogens is 536 g/mol. The lowest BCUT2D eigenvalue weighted by Gasteiger charge is -2.10. The third-order valence-corrected chi connectivity index (χ3v) is 7.34. The third-order valence-electron chi connectivity index (χ3n) is 6.07. The van der Waals surface area contributed by atoms with E-state index in [-0.39, 0.29) is 6.42 Å². The molecule has 5 rings (SSSR count). The molecule has 3 N–H and O–H groups in total. The van der Waals surface area contributed by atoms with Crippen LogP contribution in [0.5, 0.6) is 5.75 Å². The van der Waals surface area contributed by atoms with Gasteiger partial charge >= 0.3 is 12.0 Å². The molecule has 0 radical (unpaired) electrons. The van der Waals surface area contributed by atoms with Gasteiger partial charge in [-0.2, -0.15) is 0 Å². The Balaban J connectivity index is 1.31. The standard InChI is InChI=1S/C29H23ClN4O4S/c1-38-24-12-11-21(14-23(24)30)34-29(37)33-20-9-7-19(8-10-20)26-28-27(32-16-31-26)22(15-39-28)18-5-2-17(3-6-18)4-13-25(35)36/h2-3,5-12,14-16H,4,13H2,1H3,(H,35,36)(H2,33,34,37). The Labute approximate surface area is 233 Å². The number of aromatic nitrogens is 2. The molecule has 0 aliphatic carbocycles. The van der Waals surface area contributed by atoms with Crippen molar-refractivity contribution in [2.24, 2.45) is 0 Å². The van der Waals surface area contributed by atoms with E-state index in [4.69, 9.17) is 21.4 Å². The first-order chi connectivity index (χ1) is 18.9. The molecule has 8 nitrogen and oxygen atoms in total. The third kappa shape index (κ3) is 6.00. The lowest BCUT2D eigenvalue weighted by molar-refractivity contribution is -0.136. The summed E-state index contributed by atoms with van der Waals surface area (Å²) in [6, 6.07) is 19.9. The highest BCUT2D eigenvalue weighted by atomic mass is 35.5. The number of benzene rings is 3. The number of fused-ring (bicyclic) bond motifs is 1. The number of carboxylic acids is 1. The van der Waals surface area contributed by atoms with E-state index >= 15 is 0 Å². The predicted molar refractivity (Wildman–Crippen MR) is 155 cm³/mol. The second kappa shape index (κ2) is 11.5. The van der Waals surface area contributed by atoms with Gasteiger partial charge in [0.25, 0.3) is 0 Å². The number of halogens is 1. The minimum atomic E-state index is -0.807. The lowest BCUT2D eigenvalue weighted by Crippen LogP contribution is -2.19. The number of rotatable bonds is 8. The van der Waals surface area contributed by atoms with Crippen molar-refractivity contribution in [2.75, 3.05) is 17.7 Å². The van der Waals surface area contributed by atoms with Crippen LogP contribution in [0.15, 0.2) is 78.4 Å². The van der Waals surface area contributed by atoms with Crippen LogP contribution in [0.2, 0.25) is 5.02 Å². The van der Waals surface area contributed by atoms with Gasteiger partial charge in [-0.3, -0.25) is 4.79 Å². The van der Waals surface area contributed by atoms with Gasteiger partial charge in [0.05, 0.1) is 28.0 Å². The molecule has 196 valence electrons. The maximum Gasteiger partial charge on any atom is 0.323 e. The molecule has 0 saturated heterocycles. The largest absolute Gasteiger partial charge is 0.495 e. The summed E-state index contributed by atoms with van der Waals surface area (Å²) in [5.74, 6) is -0.279. The molecule has 0 atom stereocenters. The number of aliphatic carboxylic acids is 1. The van der Waals surface area contributed by atoms with E-state index in [2.05, 4.69) is 26.0 Å². The van der Waals surface area contributed by atoms with Crippen molar-refractivity contribution < 1.29 is 19.4 Å². The highest BCUT2D eigenvalue weighted by Crippen LogP contribution is 2.37. The van der Waals surface area contributed by atoms with Gasteiger partial charge in [0, 0.05) is 34.3 Å². The summed E-state index contributed by atoms with van der Waals surface area (Å²) in [6.45, 7) is 0. The number of thiophene rings is 1. The van der Waals surface area contributed by atoms with Gasteiger partial charge < -0.3 is 20.5 Å². The van der Waals surface area contributed by atoms with Crippen LogP contribution >= 0.6 is 22.9 Å². The summed E-state index contributed by atoms with van der Waals surface area (Å²) in [6.07, 6.45) is 2.15. The summed E-state index contributed by atoms with van der Waals surface area (Å²) in [4.78, 5) is 32.4. The molecule has 2 aromatic heterocycles. The molecule has 0 saturated carbocycles. The number of amides is 2. The summed E-state index contributed by atoms with van der Waals surface area (Å²) < 4.78 is 6.09.